The molecule has 0 radical (unpaired) electrons. The van der Waals surface area contributed by atoms with E-state index in [0.717, 1.165) is 18.8 Å². The van der Waals surface area contributed by atoms with E-state index in [1.807, 2.05) is 11.9 Å². The Morgan fingerprint density at radius 3 is 2.56 bits per heavy atom. The highest BCUT2D eigenvalue weighted by Gasteiger charge is 2.53. The molecule has 1 saturated heterocycles. The molecule has 144 valence electrons. The van der Waals surface area contributed by atoms with E-state index < -0.39 is 0 Å². The molecule has 3 saturated carbocycles. The van der Waals surface area contributed by atoms with Crippen LogP contribution in [0.25, 0.3) is 0 Å². The van der Waals surface area contributed by atoms with Gasteiger partial charge in [-0.05, 0) is 74.0 Å². The number of benzene rings is 1. The Labute approximate surface area is 160 Å². The molecule has 3 aliphatic carbocycles. The molecule has 0 atom stereocenters. The number of hydrogen-bond acceptors (Lipinski definition) is 3. The molecule has 5 heteroatoms. The van der Waals surface area contributed by atoms with Crippen LogP contribution in [0.4, 0.5) is 4.79 Å². The van der Waals surface area contributed by atoms with Crippen molar-refractivity contribution in [3.8, 4) is 0 Å². The fraction of sp³-hybridized carbons (Fsp3) is 0.636. The zero-order valence-corrected chi connectivity index (χ0v) is 16.2. The highest BCUT2D eigenvalue weighted by atomic mass is 16.6. The van der Waals surface area contributed by atoms with E-state index >= 15 is 0 Å². The first-order valence-electron chi connectivity index (χ1n) is 10.3. The topological polar surface area (TPSA) is 58.6 Å². The van der Waals surface area contributed by atoms with Crippen LogP contribution in [0.1, 0.15) is 67.1 Å². The number of aryl methyl sites for hydroxylation is 1. The fourth-order valence-corrected chi connectivity index (χ4v) is 5.22. The molecule has 2 amide bonds. The molecule has 1 heterocycles. The van der Waals surface area contributed by atoms with Gasteiger partial charge in [0, 0.05) is 19.0 Å². The zero-order valence-electron chi connectivity index (χ0n) is 16.2. The molecule has 4 fully saturated rings. The number of alkyl carbamates (subject to hydrolysis) is 1. The Morgan fingerprint density at radius 2 is 1.96 bits per heavy atom. The molecule has 1 N–H and O–H groups in total. The molecule has 0 aromatic heterocycles. The SMILES string of the molecule is Cc1cc([C@H]2C[C@@H](N(C)C(=O)[C@H]3C[C@]4(COC(=O)N4)C3)C2)ccc1C1CC1. The van der Waals surface area contributed by atoms with Crippen LogP contribution in [0.15, 0.2) is 18.2 Å². The lowest BCUT2D eigenvalue weighted by atomic mass is 9.67. The van der Waals surface area contributed by atoms with Gasteiger partial charge in [0.25, 0.3) is 0 Å². The van der Waals surface area contributed by atoms with Gasteiger partial charge in [-0.2, -0.15) is 0 Å². The Hall–Kier alpha value is -2.04. The van der Waals surface area contributed by atoms with Crippen LogP contribution in [-0.4, -0.2) is 42.1 Å². The van der Waals surface area contributed by atoms with Gasteiger partial charge >= 0.3 is 6.09 Å². The first-order chi connectivity index (χ1) is 12.9. The second-order valence-corrected chi connectivity index (χ2v) is 9.25. The maximum absolute atomic E-state index is 12.8. The molecular formula is C22H28N2O3. The lowest BCUT2D eigenvalue weighted by Gasteiger charge is -2.47. The Morgan fingerprint density at radius 1 is 1.22 bits per heavy atom. The van der Waals surface area contributed by atoms with Gasteiger partial charge in [-0.1, -0.05) is 18.2 Å². The van der Waals surface area contributed by atoms with E-state index in [1.165, 1.54) is 29.5 Å². The van der Waals surface area contributed by atoms with Crippen LogP contribution >= 0.6 is 0 Å². The maximum atomic E-state index is 12.8. The van der Waals surface area contributed by atoms with Gasteiger partial charge in [0.05, 0.1) is 5.54 Å². The van der Waals surface area contributed by atoms with Gasteiger partial charge in [-0.3, -0.25) is 4.79 Å². The van der Waals surface area contributed by atoms with Crippen molar-refractivity contribution >= 4 is 12.0 Å². The molecular weight excluding hydrogens is 340 g/mol. The largest absolute Gasteiger partial charge is 0.447 e. The second-order valence-electron chi connectivity index (χ2n) is 9.25. The Kier molecular flexibility index (Phi) is 3.78. The standard InChI is InChI=1S/C22H28N2O3/c1-13-7-15(5-6-19(13)14-3-4-14)16-8-18(9-16)24(2)20(25)17-10-22(11-17)12-27-21(26)23-22/h5-7,14,16-18H,3-4,8-12H2,1-2H3,(H,23,26)/t16-,17-,18+,22+. The van der Waals surface area contributed by atoms with Crippen molar-refractivity contribution in [2.45, 2.75) is 68.9 Å². The normalized spacial score (nSPS) is 34.4. The van der Waals surface area contributed by atoms with Gasteiger partial charge in [-0.25, -0.2) is 4.79 Å². The number of rotatable bonds is 4. The summed E-state index contributed by atoms with van der Waals surface area (Å²) in [4.78, 5) is 26.0. The molecule has 1 aromatic rings. The van der Waals surface area contributed by atoms with Crippen molar-refractivity contribution in [2.24, 2.45) is 5.92 Å². The average molecular weight is 368 g/mol. The number of ether oxygens (including phenoxy) is 1. The number of amides is 2. The highest BCUT2D eigenvalue weighted by molar-refractivity contribution is 5.81. The van der Waals surface area contributed by atoms with E-state index in [2.05, 4.69) is 30.4 Å². The lowest BCUT2D eigenvalue weighted by molar-refractivity contribution is -0.143. The summed E-state index contributed by atoms with van der Waals surface area (Å²) in [6.45, 7) is 2.64. The summed E-state index contributed by atoms with van der Waals surface area (Å²) in [5, 5.41) is 2.87. The summed E-state index contributed by atoms with van der Waals surface area (Å²) in [5.41, 5.74) is 4.12. The van der Waals surface area contributed by atoms with Gasteiger partial charge in [0.1, 0.15) is 6.61 Å². The quantitative estimate of drug-likeness (QED) is 0.885. The highest BCUT2D eigenvalue weighted by Crippen LogP contribution is 2.46. The minimum atomic E-state index is -0.348. The summed E-state index contributed by atoms with van der Waals surface area (Å²) in [7, 11) is 1.94. The van der Waals surface area contributed by atoms with Crippen LogP contribution in [-0.2, 0) is 9.53 Å². The minimum Gasteiger partial charge on any atom is -0.447 e. The molecule has 0 unspecified atom stereocenters. The number of nitrogens with one attached hydrogen (secondary N) is 1. The van der Waals surface area contributed by atoms with E-state index in [-0.39, 0.29) is 23.5 Å². The number of hydrogen-bond donors (Lipinski definition) is 1. The van der Waals surface area contributed by atoms with E-state index in [1.54, 1.807) is 0 Å². The summed E-state index contributed by atoms with van der Waals surface area (Å²) in [5.74, 6) is 1.63. The van der Waals surface area contributed by atoms with Crippen molar-refractivity contribution in [1.29, 1.82) is 0 Å². The smallest absolute Gasteiger partial charge is 0.407 e. The zero-order chi connectivity index (χ0) is 18.8. The first-order valence-corrected chi connectivity index (χ1v) is 10.3. The molecule has 5 rings (SSSR count). The van der Waals surface area contributed by atoms with Crippen molar-refractivity contribution in [3.05, 3.63) is 34.9 Å². The monoisotopic (exact) mass is 368 g/mol. The van der Waals surface area contributed by atoms with Crippen molar-refractivity contribution < 1.29 is 14.3 Å². The van der Waals surface area contributed by atoms with E-state index in [4.69, 9.17) is 4.74 Å². The number of carbonyl (C=O) groups is 2. The maximum Gasteiger partial charge on any atom is 0.407 e. The van der Waals surface area contributed by atoms with Crippen LogP contribution in [0.3, 0.4) is 0 Å². The molecule has 5 nitrogen and oxygen atoms in total. The van der Waals surface area contributed by atoms with Crippen molar-refractivity contribution in [3.63, 3.8) is 0 Å². The molecule has 1 spiro atoms. The second kappa shape index (κ2) is 5.98. The van der Waals surface area contributed by atoms with Gasteiger partial charge in [0.2, 0.25) is 5.91 Å². The van der Waals surface area contributed by atoms with Crippen LogP contribution in [0.2, 0.25) is 0 Å². The first kappa shape index (κ1) is 17.1. The Bertz CT molecular complexity index is 789. The number of cyclic esters (lactones) is 1. The van der Waals surface area contributed by atoms with Gasteiger partial charge < -0.3 is 15.0 Å². The van der Waals surface area contributed by atoms with E-state index in [0.29, 0.717) is 31.4 Å². The van der Waals surface area contributed by atoms with Crippen molar-refractivity contribution in [1.82, 2.24) is 10.2 Å². The fourth-order valence-electron chi connectivity index (χ4n) is 5.22. The molecule has 1 aromatic carbocycles. The van der Waals surface area contributed by atoms with Gasteiger partial charge in [0.15, 0.2) is 0 Å². The van der Waals surface area contributed by atoms with Crippen LogP contribution in [0, 0.1) is 12.8 Å². The lowest BCUT2D eigenvalue weighted by Crippen LogP contribution is -2.59. The average Bonchev–Trinajstić information content (AvgIpc) is 3.32. The summed E-state index contributed by atoms with van der Waals surface area (Å²) >= 11 is 0. The predicted molar refractivity (Wildman–Crippen MR) is 102 cm³/mol. The molecule has 4 aliphatic rings. The Balaban J connectivity index is 1.14. The molecule has 27 heavy (non-hydrogen) atoms. The van der Waals surface area contributed by atoms with Crippen LogP contribution in [0.5, 0.6) is 0 Å². The third-order valence-corrected chi connectivity index (χ3v) is 7.26. The minimum absolute atomic E-state index is 0.0242. The predicted octanol–water partition coefficient (Wildman–Crippen LogP) is 3.47. The summed E-state index contributed by atoms with van der Waals surface area (Å²) in [6.07, 6.45) is 5.87. The van der Waals surface area contributed by atoms with Gasteiger partial charge in [-0.15, -0.1) is 0 Å². The third-order valence-electron chi connectivity index (χ3n) is 7.26. The van der Waals surface area contributed by atoms with Crippen molar-refractivity contribution in [2.75, 3.05) is 13.7 Å². The molecule has 0 bridgehead atoms. The molecule has 1 aliphatic heterocycles. The van der Waals surface area contributed by atoms with Crippen LogP contribution < -0.4 is 5.32 Å². The van der Waals surface area contributed by atoms with E-state index in [9.17, 15) is 9.59 Å². The number of carbonyl (C=O) groups excluding carboxylic acids is 2. The summed E-state index contributed by atoms with van der Waals surface area (Å²) in [6, 6.07) is 7.35. The summed E-state index contributed by atoms with van der Waals surface area (Å²) < 4.78 is 5.00. The third kappa shape index (κ3) is 2.91. The number of nitrogens with zero attached hydrogens (tertiary/aromatic N) is 1.